The van der Waals surface area contributed by atoms with Gasteiger partial charge in [-0.1, -0.05) is 0 Å². The summed E-state index contributed by atoms with van der Waals surface area (Å²) in [5.74, 6) is -0.672. The molecular formula is C13H15F4N3O2S. The Hall–Kier alpha value is -1.68. The number of nitrogens with two attached hydrogens (primary N) is 1. The lowest BCUT2D eigenvalue weighted by atomic mass is 10.1. The second-order valence-electron chi connectivity index (χ2n) is 4.93. The Balaban J connectivity index is 1.74. The Morgan fingerprint density at radius 3 is 2.70 bits per heavy atom. The number of nitrogens with zero attached hydrogens (tertiary/aromatic N) is 1. The van der Waals surface area contributed by atoms with Crippen molar-refractivity contribution in [3.8, 4) is 5.75 Å². The molecule has 2 rings (SSSR count). The van der Waals surface area contributed by atoms with Gasteiger partial charge in [-0.05, 0) is 23.9 Å². The molecule has 1 aromatic carbocycles. The zero-order valence-electron chi connectivity index (χ0n) is 11.9. The predicted molar refractivity (Wildman–Crippen MR) is 79.0 cm³/mol. The molecule has 3 N–H and O–H groups in total. The molecule has 0 unspecified atom stereocenters. The van der Waals surface area contributed by atoms with Gasteiger partial charge in [0.05, 0.1) is 0 Å². The van der Waals surface area contributed by atoms with E-state index in [2.05, 4.69) is 5.32 Å². The lowest BCUT2D eigenvalue weighted by Crippen LogP contribution is -2.54. The number of ether oxygens (including phenoxy) is 1. The highest BCUT2D eigenvalue weighted by Gasteiger charge is 2.32. The van der Waals surface area contributed by atoms with Crippen LogP contribution >= 0.6 is 11.8 Å². The Morgan fingerprint density at radius 1 is 1.43 bits per heavy atom. The minimum atomic E-state index is -4.22. The fraction of sp³-hybridized carbons (Fsp3) is 0.462. The van der Waals surface area contributed by atoms with Gasteiger partial charge in [0.2, 0.25) is 0 Å². The topological polar surface area (TPSA) is 67.6 Å². The average molecular weight is 353 g/mol. The molecule has 1 aliphatic rings. The third kappa shape index (κ3) is 5.79. The SMILES string of the molecule is NC(=O)Nc1ccc(OC2CN(CCSC(F)(F)F)C2)c(F)c1. The van der Waals surface area contributed by atoms with Crippen LogP contribution in [-0.2, 0) is 0 Å². The number of likely N-dealkylation sites (tertiary alicyclic amines) is 1. The molecule has 0 bridgehead atoms. The molecule has 1 aromatic rings. The van der Waals surface area contributed by atoms with Crippen LogP contribution in [0.5, 0.6) is 5.75 Å². The van der Waals surface area contributed by atoms with Gasteiger partial charge in [0.15, 0.2) is 11.6 Å². The van der Waals surface area contributed by atoms with Crippen molar-refractivity contribution in [1.82, 2.24) is 4.90 Å². The molecule has 1 fully saturated rings. The Labute approximate surface area is 134 Å². The van der Waals surface area contributed by atoms with Gasteiger partial charge in [0, 0.05) is 37.1 Å². The van der Waals surface area contributed by atoms with E-state index in [1.165, 1.54) is 12.1 Å². The van der Waals surface area contributed by atoms with E-state index in [9.17, 15) is 22.4 Å². The number of urea groups is 1. The van der Waals surface area contributed by atoms with Crippen molar-refractivity contribution in [2.75, 3.05) is 30.7 Å². The first-order valence-corrected chi connectivity index (χ1v) is 7.67. The summed E-state index contributed by atoms with van der Waals surface area (Å²) in [6, 6.07) is 3.09. The van der Waals surface area contributed by atoms with E-state index >= 15 is 0 Å². The quantitative estimate of drug-likeness (QED) is 0.772. The number of alkyl halides is 3. The molecule has 0 aromatic heterocycles. The molecule has 0 radical (unpaired) electrons. The van der Waals surface area contributed by atoms with Crippen LogP contribution < -0.4 is 15.8 Å². The van der Waals surface area contributed by atoms with Gasteiger partial charge < -0.3 is 15.8 Å². The first-order chi connectivity index (χ1) is 10.7. The van der Waals surface area contributed by atoms with Crippen molar-refractivity contribution in [1.29, 1.82) is 0 Å². The fourth-order valence-corrected chi connectivity index (χ4v) is 2.65. The van der Waals surface area contributed by atoms with Crippen LogP contribution in [-0.4, -0.2) is 47.9 Å². The van der Waals surface area contributed by atoms with E-state index in [1.54, 1.807) is 4.90 Å². The third-order valence-electron chi connectivity index (χ3n) is 3.09. The van der Waals surface area contributed by atoms with E-state index in [0.717, 1.165) is 6.07 Å². The highest BCUT2D eigenvalue weighted by molar-refractivity contribution is 8.00. The van der Waals surface area contributed by atoms with Gasteiger partial charge in [0.25, 0.3) is 0 Å². The summed E-state index contributed by atoms with van der Waals surface area (Å²) in [6.45, 7) is 1.19. The fourth-order valence-electron chi connectivity index (χ4n) is 2.07. The van der Waals surface area contributed by atoms with Crippen LogP contribution in [0.15, 0.2) is 18.2 Å². The lowest BCUT2D eigenvalue weighted by Gasteiger charge is -2.39. The highest BCUT2D eigenvalue weighted by atomic mass is 32.2. The van der Waals surface area contributed by atoms with Crippen LogP contribution in [0.25, 0.3) is 0 Å². The number of halogens is 4. The maximum Gasteiger partial charge on any atom is 0.441 e. The number of nitrogens with one attached hydrogen (secondary N) is 1. The number of rotatable bonds is 6. The highest BCUT2D eigenvalue weighted by Crippen LogP contribution is 2.30. The van der Waals surface area contributed by atoms with Crippen molar-refractivity contribution in [2.24, 2.45) is 5.73 Å². The molecule has 1 aliphatic heterocycles. The maximum atomic E-state index is 13.8. The monoisotopic (exact) mass is 353 g/mol. The van der Waals surface area contributed by atoms with Gasteiger partial charge in [0.1, 0.15) is 6.10 Å². The Bertz CT molecular complexity index is 565. The zero-order valence-corrected chi connectivity index (χ0v) is 12.7. The first-order valence-electron chi connectivity index (χ1n) is 6.68. The second kappa shape index (κ2) is 7.26. The summed E-state index contributed by atoms with van der Waals surface area (Å²) < 4.78 is 55.2. The van der Waals surface area contributed by atoms with Crippen LogP contribution in [0.1, 0.15) is 0 Å². The van der Waals surface area contributed by atoms with Crippen LogP contribution in [0.4, 0.5) is 28.0 Å². The van der Waals surface area contributed by atoms with Crippen molar-refractivity contribution < 1.29 is 27.1 Å². The minimum Gasteiger partial charge on any atom is -0.485 e. The Morgan fingerprint density at radius 2 is 2.13 bits per heavy atom. The van der Waals surface area contributed by atoms with Crippen molar-refractivity contribution in [3.63, 3.8) is 0 Å². The molecular weight excluding hydrogens is 338 g/mol. The normalized spacial score (nSPS) is 16.0. The number of primary amides is 1. The van der Waals surface area contributed by atoms with Gasteiger partial charge in [-0.3, -0.25) is 4.90 Å². The number of amides is 2. The molecule has 23 heavy (non-hydrogen) atoms. The summed E-state index contributed by atoms with van der Waals surface area (Å²) in [6.07, 6.45) is -0.268. The van der Waals surface area contributed by atoms with E-state index < -0.39 is 17.4 Å². The lowest BCUT2D eigenvalue weighted by molar-refractivity contribution is -0.0332. The zero-order chi connectivity index (χ0) is 17.0. The van der Waals surface area contributed by atoms with Crippen molar-refractivity contribution in [2.45, 2.75) is 11.6 Å². The molecule has 0 saturated carbocycles. The number of benzene rings is 1. The summed E-state index contributed by atoms with van der Waals surface area (Å²) in [4.78, 5) is 12.5. The van der Waals surface area contributed by atoms with Crippen LogP contribution in [0.3, 0.4) is 0 Å². The molecule has 2 amide bonds. The predicted octanol–water partition coefficient (Wildman–Crippen LogP) is 2.63. The molecule has 0 aliphatic carbocycles. The number of hydrogen-bond donors (Lipinski definition) is 2. The van der Waals surface area contributed by atoms with Gasteiger partial charge in [-0.25, -0.2) is 9.18 Å². The summed E-state index contributed by atoms with van der Waals surface area (Å²) >= 11 is -0.0620. The largest absolute Gasteiger partial charge is 0.485 e. The van der Waals surface area contributed by atoms with E-state index in [-0.39, 0.29) is 35.1 Å². The van der Waals surface area contributed by atoms with Gasteiger partial charge in [-0.15, -0.1) is 0 Å². The molecule has 0 spiro atoms. The van der Waals surface area contributed by atoms with Crippen LogP contribution in [0.2, 0.25) is 0 Å². The molecule has 1 saturated heterocycles. The van der Waals surface area contributed by atoms with Gasteiger partial charge in [-0.2, -0.15) is 13.2 Å². The number of carbonyl (C=O) groups is 1. The molecule has 128 valence electrons. The maximum absolute atomic E-state index is 13.8. The third-order valence-corrected chi connectivity index (χ3v) is 3.80. The van der Waals surface area contributed by atoms with E-state index in [0.29, 0.717) is 19.6 Å². The molecule has 5 nitrogen and oxygen atoms in total. The van der Waals surface area contributed by atoms with E-state index in [1.807, 2.05) is 0 Å². The number of anilines is 1. The molecule has 0 atom stereocenters. The molecule has 1 heterocycles. The summed E-state index contributed by atoms with van der Waals surface area (Å²) in [7, 11) is 0. The first kappa shape index (κ1) is 17.7. The number of thioether (sulfide) groups is 1. The summed E-state index contributed by atoms with van der Waals surface area (Å²) in [5.41, 5.74) is 0.917. The van der Waals surface area contributed by atoms with Crippen LogP contribution in [0, 0.1) is 5.82 Å². The van der Waals surface area contributed by atoms with Crippen molar-refractivity contribution >= 4 is 23.5 Å². The number of hydrogen-bond acceptors (Lipinski definition) is 4. The van der Waals surface area contributed by atoms with E-state index in [4.69, 9.17) is 10.5 Å². The second-order valence-corrected chi connectivity index (χ2v) is 6.09. The summed E-state index contributed by atoms with van der Waals surface area (Å²) in [5, 5.41) is 2.24. The van der Waals surface area contributed by atoms with Gasteiger partial charge >= 0.3 is 11.5 Å². The standard InChI is InChI=1S/C13H15F4N3O2S/c14-10-5-8(19-12(18)21)1-2-11(10)22-9-6-20(7-9)3-4-23-13(15,16)17/h1-2,5,9H,3-4,6-7H2,(H3,18,19,21). The smallest absolute Gasteiger partial charge is 0.441 e. The minimum absolute atomic E-state index is 0.0225. The average Bonchev–Trinajstić information content (AvgIpc) is 2.36. The molecule has 10 heteroatoms. The number of carbonyl (C=O) groups excluding carboxylic acids is 1. The van der Waals surface area contributed by atoms with Crippen molar-refractivity contribution in [3.05, 3.63) is 24.0 Å². The Kier molecular flexibility index (Phi) is 5.58.